The molecule has 2 rings (SSSR count). The van der Waals surface area contributed by atoms with E-state index >= 15 is 0 Å². The SMILES string of the molecule is CCCCCCCCCC(N)=O.NC(=O)CCCC1(C(N)=O)CCCCCC1.NC(=O)CCCCCCCC1(C(N)=O)CCCCCC1. The van der Waals surface area contributed by atoms with Crippen molar-refractivity contribution in [1.29, 1.82) is 0 Å². The van der Waals surface area contributed by atoms with Crippen LogP contribution in [0.4, 0.5) is 0 Å². The predicted octanol–water partition coefficient (Wildman–Crippen LogP) is 7.11. The first-order valence-electron chi connectivity index (χ1n) is 19.4. The molecule has 10 heteroatoms. The van der Waals surface area contributed by atoms with Crippen LogP contribution in [0.5, 0.6) is 0 Å². The topological polar surface area (TPSA) is 215 Å². The molecule has 5 amide bonds. The Morgan fingerprint density at radius 1 is 0.396 bits per heavy atom. The van der Waals surface area contributed by atoms with Crippen molar-refractivity contribution in [2.24, 2.45) is 39.5 Å². The first kappa shape index (κ1) is 45.3. The molecule has 10 N–H and O–H groups in total. The molecule has 2 saturated carbocycles. The molecule has 2 aliphatic carbocycles. The van der Waals surface area contributed by atoms with Crippen LogP contribution < -0.4 is 28.7 Å². The fourth-order valence-electron chi connectivity index (χ4n) is 7.20. The van der Waals surface area contributed by atoms with Gasteiger partial charge in [-0.05, 0) is 57.8 Å². The van der Waals surface area contributed by atoms with Crippen molar-refractivity contribution in [2.75, 3.05) is 0 Å². The molecule has 0 aromatic carbocycles. The predicted molar refractivity (Wildman–Crippen MR) is 195 cm³/mol. The lowest BCUT2D eigenvalue weighted by Gasteiger charge is -2.29. The van der Waals surface area contributed by atoms with Gasteiger partial charge in [0.15, 0.2) is 0 Å². The van der Waals surface area contributed by atoms with Crippen molar-refractivity contribution in [2.45, 2.75) is 200 Å². The van der Waals surface area contributed by atoms with Gasteiger partial charge in [0.2, 0.25) is 29.5 Å². The molecule has 0 aromatic rings. The molecule has 0 heterocycles. The standard InChI is InChI=1S/C16H30N2O2.C12H22N2O2.C10H21NO/c17-14(19)10-6-2-1-3-7-11-16(15(18)20)12-8-4-5-9-13-16;13-10(15)6-5-9-12(11(14)16)7-3-1-2-4-8-12;1-2-3-4-5-6-7-8-9-10(11)12/h1-13H2,(H2,17,19)(H2,18,20);1-9H2,(H2,13,15)(H2,14,16);2-9H2,1H3,(H2,11,12). The van der Waals surface area contributed by atoms with Crippen LogP contribution in [-0.2, 0) is 24.0 Å². The molecule has 0 aromatic heterocycles. The third-order valence-electron chi connectivity index (χ3n) is 10.4. The number of amides is 5. The van der Waals surface area contributed by atoms with Crippen LogP contribution in [0.1, 0.15) is 200 Å². The van der Waals surface area contributed by atoms with E-state index < -0.39 is 0 Å². The van der Waals surface area contributed by atoms with Crippen LogP contribution >= 0.6 is 0 Å². The van der Waals surface area contributed by atoms with Crippen molar-refractivity contribution < 1.29 is 24.0 Å². The molecule has 48 heavy (non-hydrogen) atoms. The van der Waals surface area contributed by atoms with E-state index in [-0.39, 0.29) is 40.4 Å². The van der Waals surface area contributed by atoms with Gasteiger partial charge in [0.25, 0.3) is 0 Å². The molecule has 2 fully saturated rings. The Bertz CT molecular complexity index is 894. The Balaban J connectivity index is 0.000000714. The fourth-order valence-corrected chi connectivity index (χ4v) is 7.20. The summed E-state index contributed by atoms with van der Waals surface area (Å²) in [5, 5.41) is 0. The van der Waals surface area contributed by atoms with Crippen LogP contribution in [0, 0.1) is 10.8 Å². The molecule has 0 spiro atoms. The molecule has 280 valence electrons. The fraction of sp³-hybridized carbons (Fsp3) is 0.868. The molecule has 0 unspecified atom stereocenters. The average molecular weight is 680 g/mol. The summed E-state index contributed by atoms with van der Waals surface area (Å²) in [6, 6.07) is 0. The molecule has 0 radical (unpaired) electrons. The van der Waals surface area contributed by atoms with Gasteiger partial charge in [-0.2, -0.15) is 0 Å². The second-order valence-corrected chi connectivity index (χ2v) is 14.5. The lowest BCUT2D eigenvalue weighted by atomic mass is 9.75. The second-order valence-electron chi connectivity index (χ2n) is 14.5. The zero-order chi connectivity index (χ0) is 36.1. The monoisotopic (exact) mass is 680 g/mol. The minimum Gasteiger partial charge on any atom is -0.370 e. The van der Waals surface area contributed by atoms with E-state index in [2.05, 4.69) is 6.92 Å². The van der Waals surface area contributed by atoms with Gasteiger partial charge in [-0.1, -0.05) is 122 Å². The van der Waals surface area contributed by atoms with Crippen molar-refractivity contribution >= 4 is 29.5 Å². The highest BCUT2D eigenvalue weighted by Gasteiger charge is 2.37. The lowest BCUT2D eigenvalue weighted by Crippen LogP contribution is -2.37. The highest BCUT2D eigenvalue weighted by Crippen LogP contribution is 2.40. The molecule has 0 aliphatic heterocycles. The lowest BCUT2D eigenvalue weighted by molar-refractivity contribution is -0.130. The van der Waals surface area contributed by atoms with Gasteiger partial charge >= 0.3 is 0 Å². The summed E-state index contributed by atoms with van der Waals surface area (Å²) in [7, 11) is 0. The van der Waals surface area contributed by atoms with Crippen LogP contribution in [0.25, 0.3) is 0 Å². The Morgan fingerprint density at radius 3 is 1.02 bits per heavy atom. The summed E-state index contributed by atoms with van der Waals surface area (Å²) in [5.74, 6) is -0.958. The maximum Gasteiger partial charge on any atom is 0.223 e. The van der Waals surface area contributed by atoms with E-state index in [0.29, 0.717) is 32.1 Å². The number of primary amides is 5. The smallest absolute Gasteiger partial charge is 0.223 e. The van der Waals surface area contributed by atoms with Crippen molar-refractivity contribution in [1.82, 2.24) is 0 Å². The van der Waals surface area contributed by atoms with E-state index in [4.69, 9.17) is 28.7 Å². The van der Waals surface area contributed by atoms with Gasteiger partial charge in [0.05, 0.1) is 0 Å². The first-order valence-corrected chi connectivity index (χ1v) is 19.4. The van der Waals surface area contributed by atoms with Crippen LogP contribution in [0.2, 0.25) is 0 Å². The van der Waals surface area contributed by atoms with E-state index in [0.717, 1.165) is 103 Å². The first-order chi connectivity index (χ1) is 22.9. The van der Waals surface area contributed by atoms with E-state index in [1.807, 2.05) is 0 Å². The molecular weight excluding hydrogens is 606 g/mol. The van der Waals surface area contributed by atoms with Crippen LogP contribution in [-0.4, -0.2) is 29.5 Å². The Hall–Kier alpha value is -2.65. The number of carbonyl (C=O) groups is 5. The van der Waals surface area contributed by atoms with Gasteiger partial charge in [0.1, 0.15) is 0 Å². The quantitative estimate of drug-likeness (QED) is 0.0595. The van der Waals surface area contributed by atoms with Gasteiger partial charge in [0, 0.05) is 30.1 Å². The minimum absolute atomic E-state index is 0.0897. The van der Waals surface area contributed by atoms with Crippen LogP contribution in [0.15, 0.2) is 0 Å². The number of carbonyl (C=O) groups excluding carboxylic acids is 5. The minimum atomic E-state index is -0.369. The summed E-state index contributed by atoms with van der Waals surface area (Å²) < 4.78 is 0. The number of rotatable bonds is 22. The normalized spacial score (nSPS) is 16.9. The molecule has 0 atom stereocenters. The second kappa shape index (κ2) is 28.2. The molecule has 10 nitrogen and oxygen atoms in total. The van der Waals surface area contributed by atoms with Crippen molar-refractivity contribution in [3.8, 4) is 0 Å². The molecule has 2 aliphatic rings. The summed E-state index contributed by atoms with van der Waals surface area (Å²) >= 11 is 0. The van der Waals surface area contributed by atoms with E-state index in [9.17, 15) is 24.0 Å². The number of unbranched alkanes of at least 4 members (excludes halogenated alkanes) is 10. The Labute approximate surface area is 292 Å². The molecule has 0 saturated heterocycles. The number of nitrogens with two attached hydrogens (primary N) is 5. The molecule has 0 bridgehead atoms. The maximum atomic E-state index is 11.8. The van der Waals surface area contributed by atoms with E-state index in [1.165, 1.54) is 57.8 Å². The zero-order valence-corrected chi connectivity index (χ0v) is 30.6. The third kappa shape index (κ3) is 22.8. The summed E-state index contributed by atoms with van der Waals surface area (Å²) in [6.45, 7) is 2.22. The largest absolute Gasteiger partial charge is 0.370 e. The number of hydrogen-bond acceptors (Lipinski definition) is 5. The van der Waals surface area contributed by atoms with Crippen LogP contribution in [0.3, 0.4) is 0 Å². The summed E-state index contributed by atoms with van der Waals surface area (Å²) in [5.41, 5.74) is 25.8. The van der Waals surface area contributed by atoms with Gasteiger partial charge in [-0.25, -0.2) is 0 Å². The highest BCUT2D eigenvalue weighted by atomic mass is 16.2. The van der Waals surface area contributed by atoms with Crippen molar-refractivity contribution in [3.05, 3.63) is 0 Å². The van der Waals surface area contributed by atoms with Gasteiger partial charge < -0.3 is 28.7 Å². The maximum absolute atomic E-state index is 11.8. The Morgan fingerprint density at radius 2 is 0.688 bits per heavy atom. The van der Waals surface area contributed by atoms with Gasteiger partial charge in [-0.3, -0.25) is 24.0 Å². The highest BCUT2D eigenvalue weighted by molar-refractivity contribution is 5.81. The summed E-state index contributed by atoms with van der Waals surface area (Å²) in [6.07, 6.45) is 30.6. The van der Waals surface area contributed by atoms with Gasteiger partial charge in [-0.15, -0.1) is 0 Å². The molecular formula is C38H73N5O5. The van der Waals surface area contributed by atoms with E-state index in [1.54, 1.807) is 0 Å². The third-order valence-corrected chi connectivity index (χ3v) is 10.4. The Kier molecular flexibility index (Phi) is 26.7. The number of hydrogen-bond donors (Lipinski definition) is 5. The van der Waals surface area contributed by atoms with Crippen molar-refractivity contribution in [3.63, 3.8) is 0 Å². The zero-order valence-electron chi connectivity index (χ0n) is 30.6. The average Bonchev–Trinajstić information content (AvgIpc) is 3.43. The summed E-state index contributed by atoms with van der Waals surface area (Å²) in [4.78, 5) is 55.1.